The van der Waals surface area contributed by atoms with E-state index in [9.17, 15) is 0 Å². The summed E-state index contributed by atoms with van der Waals surface area (Å²) in [5.74, 6) is 0. The van der Waals surface area contributed by atoms with Gasteiger partial charge in [0.25, 0.3) is 0 Å². The van der Waals surface area contributed by atoms with E-state index in [1.807, 2.05) is 0 Å². The lowest BCUT2D eigenvalue weighted by Gasteiger charge is -2.14. The molecule has 2 aliphatic carbocycles. The van der Waals surface area contributed by atoms with Crippen LogP contribution in [0.1, 0.15) is 55.7 Å². The second-order valence-corrected chi connectivity index (χ2v) is 10.5. The minimum atomic E-state index is 1.17. The van der Waals surface area contributed by atoms with Crippen LogP contribution in [0.2, 0.25) is 0 Å². The molecule has 0 amide bonds. The largest absolute Gasteiger partial charge is 0.0839 e. The summed E-state index contributed by atoms with van der Waals surface area (Å²) in [5.41, 5.74) is 13.4. The van der Waals surface area contributed by atoms with Crippen LogP contribution >= 0.6 is 0 Å². The fourth-order valence-electron chi connectivity index (χ4n) is 5.31. The molecule has 0 heteroatoms. The molecule has 0 unspecified atom stereocenters. The van der Waals surface area contributed by atoms with Crippen LogP contribution in [0.5, 0.6) is 0 Å². The Morgan fingerprint density at radius 2 is 1.10 bits per heavy atom. The lowest BCUT2D eigenvalue weighted by atomic mass is 9.91. The van der Waals surface area contributed by atoms with Gasteiger partial charge in [0.15, 0.2) is 0 Å². The fourth-order valence-corrected chi connectivity index (χ4v) is 5.31. The molecule has 2 aliphatic rings. The second-order valence-electron chi connectivity index (χ2n) is 10.5. The van der Waals surface area contributed by atoms with Gasteiger partial charge in [-0.3, -0.25) is 0 Å². The highest BCUT2D eigenvalue weighted by atomic mass is 14.1. The van der Waals surface area contributed by atoms with Crippen molar-refractivity contribution >= 4 is 11.1 Å². The molecule has 0 heterocycles. The molecule has 0 aromatic heterocycles. The van der Waals surface area contributed by atoms with E-state index in [4.69, 9.17) is 0 Å². The summed E-state index contributed by atoms with van der Waals surface area (Å²) in [6, 6.07) is 37.0. The first-order valence-corrected chi connectivity index (χ1v) is 14.2. The summed E-state index contributed by atoms with van der Waals surface area (Å²) >= 11 is 0. The molecule has 194 valence electrons. The molecule has 6 rings (SSSR count). The summed E-state index contributed by atoms with van der Waals surface area (Å²) in [4.78, 5) is 0. The molecule has 0 atom stereocenters. The van der Waals surface area contributed by atoms with E-state index in [0.717, 1.165) is 0 Å². The minimum absolute atomic E-state index is 1.17. The smallest absolute Gasteiger partial charge is 0.0178 e. The summed E-state index contributed by atoms with van der Waals surface area (Å²) in [5, 5.41) is 0. The molecule has 0 fully saturated rings. The van der Waals surface area contributed by atoms with Crippen molar-refractivity contribution in [2.24, 2.45) is 0 Å². The van der Waals surface area contributed by atoms with Gasteiger partial charge < -0.3 is 0 Å². The van der Waals surface area contributed by atoms with Crippen molar-refractivity contribution in [3.8, 4) is 22.3 Å². The van der Waals surface area contributed by atoms with Crippen LogP contribution < -0.4 is 0 Å². The lowest BCUT2D eigenvalue weighted by Crippen LogP contribution is -1.92. The highest BCUT2D eigenvalue weighted by Gasteiger charge is 2.08. The molecule has 0 bridgehead atoms. The summed E-state index contributed by atoms with van der Waals surface area (Å²) in [7, 11) is 0. The Balaban J connectivity index is 0.000000158. The maximum atomic E-state index is 2.35. The van der Waals surface area contributed by atoms with Gasteiger partial charge in [-0.15, -0.1) is 0 Å². The van der Waals surface area contributed by atoms with Crippen LogP contribution in [-0.4, -0.2) is 0 Å². The zero-order chi connectivity index (χ0) is 26.9. The third-order valence-electron chi connectivity index (χ3n) is 7.49. The molecule has 4 aromatic carbocycles. The predicted octanol–water partition coefficient (Wildman–Crippen LogP) is 11.3. The summed E-state index contributed by atoms with van der Waals surface area (Å²) in [6.07, 6.45) is 17.4. The Labute approximate surface area is 234 Å². The molecule has 0 radical (unpaired) electrons. The van der Waals surface area contributed by atoms with Gasteiger partial charge in [0.05, 0.1) is 0 Å². The molecule has 0 saturated heterocycles. The van der Waals surface area contributed by atoms with Gasteiger partial charge in [-0.1, -0.05) is 133 Å². The van der Waals surface area contributed by atoms with E-state index >= 15 is 0 Å². The zero-order valence-electron chi connectivity index (χ0n) is 23.2. The van der Waals surface area contributed by atoms with Gasteiger partial charge in [0.2, 0.25) is 0 Å². The van der Waals surface area contributed by atoms with E-state index < -0.39 is 0 Å². The van der Waals surface area contributed by atoms with Crippen LogP contribution in [-0.2, 0) is 0 Å². The van der Waals surface area contributed by atoms with Crippen molar-refractivity contribution in [3.63, 3.8) is 0 Å². The quantitative estimate of drug-likeness (QED) is 0.258. The van der Waals surface area contributed by atoms with Crippen molar-refractivity contribution < 1.29 is 0 Å². The molecular formula is C39H38. The minimum Gasteiger partial charge on any atom is -0.0839 e. The Morgan fingerprint density at radius 3 is 1.87 bits per heavy atom. The van der Waals surface area contributed by atoms with Gasteiger partial charge in [-0.05, 0) is 103 Å². The van der Waals surface area contributed by atoms with Gasteiger partial charge in [-0.25, -0.2) is 0 Å². The first kappa shape index (κ1) is 26.4. The Bertz CT molecular complexity index is 1530. The molecule has 0 nitrogen and oxygen atoms in total. The van der Waals surface area contributed by atoms with E-state index in [-0.39, 0.29) is 0 Å². The fraction of sp³-hybridized carbons (Fsp3) is 0.179. The number of hydrogen-bond donors (Lipinski definition) is 0. The van der Waals surface area contributed by atoms with E-state index in [1.165, 1.54) is 87.8 Å². The van der Waals surface area contributed by atoms with Crippen molar-refractivity contribution in [3.05, 3.63) is 156 Å². The van der Waals surface area contributed by atoms with Crippen molar-refractivity contribution in [2.45, 2.75) is 46.0 Å². The molecule has 0 saturated carbocycles. The number of benzene rings is 4. The van der Waals surface area contributed by atoms with Gasteiger partial charge >= 0.3 is 0 Å². The predicted molar refractivity (Wildman–Crippen MR) is 170 cm³/mol. The normalized spacial score (nSPS) is 14.8. The monoisotopic (exact) mass is 506 g/mol. The number of hydrogen-bond acceptors (Lipinski definition) is 0. The Kier molecular flexibility index (Phi) is 8.86. The highest BCUT2D eigenvalue weighted by molar-refractivity contribution is 5.80. The van der Waals surface area contributed by atoms with Crippen molar-refractivity contribution in [1.82, 2.24) is 0 Å². The highest BCUT2D eigenvalue weighted by Crippen LogP contribution is 2.30. The number of rotatable bonds is 4. The van der Waals surface area contributed by atoms with E-state index in [2.05, 4.69) is 147 Å². The number of allylic oxidation sites excluding steroid dienone is 8. The summed E-state index contributed by atoms with van der Waals surface area (Å²) in [6.45, 7) is 4.39. The van der Waals surface area contributed by atoms with Crippen molar-refractivity contribution in [1.29, 1.82) is 0 Å². The van der Waals surface area contributed by atoms with Crippen LogP contribution in [0.25, 0.3) is 33.4 Å². The Morgan fingerprint density at radius 1 is 0.487 bits per heavy atom. The standard InChI is InChI=1S/C20H20.C19H18/c1-15-7-5-9-17(13-15)18-10-6-11-19(14-18)20-12-4-3-8-16(20)2;1-2-5-10-16(9-4-1)18-13-8-14-19(15-18)17-11-6-3-7-12-17/h4-7,9-14H,3,8H2,1-2H3;3-4,6-15H,1-2,5H2. The lowest BCUT2D eigenvalue weighted by molar-refractivity contribution is 0.876. The summed E-state index contributed by atoms with van der Waals surface area (Å²) < 4.78 is 0. The molecule has 0 aliphatic heterocycles. The average molecular weight is 507 g/mol. The van der Waals surface area contributed by atoms with Gasteiger partial charge in [0.1, 0.15) is 0 Å². The van der Waals surface area contributed by atoms with E-state index in [0.29, 0.717) is 0 Å². The molecule has 39 heavy (non-hydrogen) atoms. The van der Waals surface area contributed by atoms with Crippen LogP contribution in [0.3, 0.4) is 0 Å². The van der Waals surface area contributed by atoms with Crippen LogP contribution in [0, 0.1) is 6.92 Å². The van der Waals surface area contributed by atoms with E-state index in [1.54, 1.807) is 0 Å². The van der Waals surface area contributed by atoms with Crippen LogP contribution in [0.4, 0.5) is 0 Å². The molecule has 0 N–H and O–H groups in total. The first-order valence-electron chi connectivity index (χ1n) is 14.2. The average Bonchev–Trinajstić information content (AvgIpc) is 3.28. The van der Waals surface area contributed by atoms with Gasteiger partial charge in [0, 0.05) is 0 Å². The molecule has 0 spiro atoms. The Hall–Kier alpha value is -4.16. The first-order chi connectivity index (χ1) is 19.2. The maximum Gasteiger partial charge on any atom is -0.0178 e. The van der Waals surface area contributed by atoms with Crippen molar-refractivity contribution in [2.75, 3.05) is 0 Å². The van der Waals surface area contributed by atoms with Gasteiger partial charge in [-0.2, -0.15) is 0 Å². The topological polar surface area (TPSA) is 0 Å². The maximum absolute atomic E-state index is 2.35. The molecular weight excluding hydrogens is 468 g/mol. The SMILES string of the molecule is C1=CC(c2cccc(-c3ccccc3)c2)=CCCC1.CC1=C(c2cccc(-c3cccc(C)c3)c2)C=CCC1. The third kappa shape index (κ3) is 7.03. The molecule has 4 aromatic rings. The second kappa shape index (κ2) is 13.1. The number of aryl methyl sites for hydroxylation is 1. The third-order valence-corrected chi connectivity index (χ3v) is 7.49. The zero-order valence-corrected chi connectivity index (χ0v) is 23.2. The van der Waals surface area contributed by atoms with Crippen LogP contribution in [0.15, 0.2) is 139 Å².